The second kappa shape index (κ2) is 59.6. The van der Waals surface area contributed by atoms with Gasteiger partial charge in [0.15, 0.2) is 0 Å². The van der Waals surface area contributed by atoms with Crippen molar-refractivity contribution in [2.24, 2.45) is 0 Å². The molecule has 1 aliphatic rings. The zero-order chi connectivity index (χ0) is 61.1. The Morgan fingerprint density at radius 3 is 0.776 bits per heavy atom. The second-order valence-corrected chi connectivity index (χ2v) is 28.4. The van der Waals surface area contributed by atoms with Gasteiger partial charge in [-0.3, -0.25) is 0 Å². The summed E-state index contributed by atoms with van der Waals surface area (Å²) in [6.45, 7) is 15.9. The van der Waals surface area contributed by atoms with Gasteiger partial charge in [0, 0.05) is 22.8 Å². The van der Waals surface area contributed by atoms with Gasteiger partial charge in [-0.05, 0) is 104 Å². The Morgan fingerprint density at radius 1 is 0.271 bits per heavy atom. The van der Waals surface area contributed by atoms with Crippen LogP contribution in [0, 0.1) is 0 Å². The molecule has 0 saturated heterocycles. The van der Waals surface area contributed by atoms with Crippen molar-refractivity contribution in [3.05, 3.63) is 87.0 Å². The normalized spacial score (nSPS) is 12.5. The van der Waals surface area contributed by atoms with Gasteiger partial charge in [0.2, 0.25) is 11.4 Å². The minimum absolute atomic E-state index is 0.902. The SMILES string of the molecule is CCCCCCCCCCCCCCCCCCCCCC[CH2][Ni][CH2]CCCCCCCCCCCCCCCCCCCCCC.CCCCCc1cc(CCCC)cc(C2=CC(CC)=C(c3cc(CCCC)cc(CCCCC)c3)[N+]2=[N-])c1. The van der Waals surface area contributed by atoms with Crippen molar-refractivity contribution >= 4 is 11.4 Å². The van der Waals surface area contributed by atoms with Crippen LogP contribution in [0.4, 0.5) is 0 Å². The Morgan fingerprint density at radius 2 is 0.506 bits per heavy atom. The van der Waals surface area contributed by atoms with Gasteiger partial charge in [0.25, 0.3) is 0 Å². The van der Waals surface area contributed by atoms with E-state index in [9.17, 15) is 5.53 Å². The molecule has 0 N–H and O–H groups in total. The van der Waals surface area contributed by atoms with Crippen molar-refractivity contribution in [3.8, 4) is 0 Å². The molecule has 3 heteroatoms. The molecule has 1 heterocycles. The first kappa shape index (κ1) is 79.1. The van der Waals surface area contributed by atoms with E-state index in [-0.39, 0.29) is 0 Å². The number of benzene rings is 2. The molecule has 0 bridgehead atoms. The van der Waals surface area contributed by atoms with Crippen LogP contribution < -0.4 is 0 Å². The van der Waals surface area contributed by atoms with Crippen molar-refractivity contribution in [3.63, 3.8) is 0 Å². The van der Waals surface area contributed by atoms with E-state index in [1.807, 2.05) is 0 Å². The summed E-state index contributed by atoms with van der Waals surface area (Å²) in [6, 6.07) is 14.1. The number of hydrogen-bond acceptors (Lipinski definition) is 0. The molecule has 0 unspecified atom stereocenters. The summed E-state index contributed by atoms with van der Waals surface area (Å²) in [5.74, 6) is 0. The van der Waals surface area contributed by atoms with Gasteiger partial charge in [-0.15, -0.1) is 0 Å². The third kappa shape index (κ3) is 43.4. The van der Waals surface area contributed by atoms with Crippen molar-refractivity contribution in [2.75, 3.05) is 0 Å². The van der Waals surface area contributed by atoms with E-state index < -0.39 is 0 Å². The van der Waals surface area contributed by atoms with Crippen LogP contribution in [-0.2, 0) is 40.1 Å². The number of hydrogen-bond donors (Lipinski definition) is 0. The Hall–Kier alpha value is -1.99. The van der Waals surface area contributed by atoms with Crippen LogP contribution in [-0.4, -0.2) is 4.70 Å². The molecule has 0 amide bonds. The number of unbranched alkanes of at least 4 members (excludes halogenated alkanes) is 46. The molecule has 0 fully saturated rings. The minimum atomic E-state index is 0.902. The first-order valence-electron chi connectivity index (χ1n) is 38.6. The Balaban J connectivity index is 0.000000591. The summed E-state index contributed by atoms with van der Waals surface area (Å²) in [5.41, 5.74) is 22.8. The molecule has 3 rings (SSSR count). The van der Waals surface area contributed by atoms with Gasteiger partial charge in [0.1, 0.15) is 0 Å². The van der Waals surface area contributed by atoms with Gasteiger partial charge in [-0.2, -0.15) is 0 Å². The molecule has 494 valence electrons. The zero-order valence-corrected chi connectivity index (χ0v) is 59.5. The molecule has 1 aliphatic heterocycles. The Kier molecular flexibility index (Phi) is 55.5. The fourth-order valence-corrected chi connectivity index (χ4v) is 14.1. The number of nitrogens with zero attached hydrogens (tertiary/aromatic N) is 2. The van der Waals surface area contributed by atoms with Gasteiger partial charge in [0.05, 0.1) is 0 Å². The topological polar surface area (TPSA) is 25.3 Å². The zero-order valence-electron chi connectivity index (χ0n) is 58.5. The maximum absolute atomic E-state index is 11.7. The summed E-state index contributed by atoms with van der Waals surface area (Å²) in [6.07, 6.45) is 82.0. The summed E-state index contributed by atoms with van der Waals surface area (Å²) in [4.78, 5) is 0. The molecule has 2 nitrogen and oxygen atoms in total. The van der Waals surface area contributed by atoms with Crippen LogP contribution in [0.15, 0.2) is 48.0 Å². The van der Waals surface area contributed by atoms with E-state index in [1.165, 1.54) is 383 Å². The molecular weight excluding hydrogens is 1070 g/mol. The predicted octanol–water partition coefficient (Wildman–Crippen LogP) is 29.4. The first-order chi connectivity index (χ1) is 42.0. The van der Waals surface area contributed by atoms with E-state index in [4.69, 9.17) is 0 Å². The summed E-state index contributed by atoms with van der Waals surface area (Å²) < 4.78 is 1.50. The molecule has 0 radical (unpaired) electrons. The molecule has 85 heavy (non-hydrogen) atoms. The summed E-state index contributed by atoms with van der Waals surface area (Å²) in [7, 11) is 0. The van der Waals surface area contributed by atoms with Crippen LogP contribution in [0.3, 0.4) is 0 Å². The molecule has 0 aromatic heterocycles. The fraction of sp³-hybridized carbons (Fsp3) is 0.805. The second-order valence-electron chi connectivity index (χ2n) is 26.9. The van der Waals surface area contributed by atoms with Crippen LogP contribution in [0.5, 0.6) is 0 Å². The molecular formula is C82H146N2Ni. The van der Waals surface area contributed by atoms with Gasteiger partial charge in [-0.1, -0.05) is 228 Å². The van der Waals surface area contributed by atoms with E-state index >= 15 is 0 Å². The predicted molar refractivity (Wildman–Crippen MR) is 380 cm³/mol. The maximum atomic E-state index is 11.7. The van der Waals surface area contributed by atoms with Gasteiger partial charge < -0.3 is 5.53 Å². The first-order valence-corrected chi connectivity index (χ1v) is 40.0. The third-order valence-electron chi connectivity index (χ3n) is 18.5. The van der Waals surface area contributed by atoms with Crippen molar-refractivity contribution in [2.45, 2.75) is 425 Å². The van der Waals surface area contributed by atoms with E-state index in [0.717, 1.165) is 49.1 Å². The van der Waals surface area contributed by atoms with Crippen molar-refractivity contribution in [1.29, 1.82) is 0 Å². The Bertz CT molecular complexity index is 1830. The molecule has 0 spiro atoms. The van der Waals surface area contributed by atoms with E-state index in [2.05, 4.69) is 105 Å². The van der Waals surface area contributed by atoms with Gasteiger partial charge in [-0.25, -0.2) is 4.70 Å². The fourth-order valence-electron chi connectivity index (χ4n) is 12.9. The van der Waals surface area contributed by atoms with Crippen molar-refractivity contribution in [1.82, 2.24) is 0 Å². The standard InChI is InChI=1S/C36H52N2.2C23H47.Ni/c1-6-11-15-19-30-21-28(17-13-8-3)23-33(24-30)35-27-32(10-5)36(38(35)37)34-25-29(18-14-9-4)22-31(26-34)20-16-12-7-2;2*1-3-5-7-9-11-13-15-17-19-21-23-22-20-18-16-14-12-10-8-6-4-2;/h21-27H,6-20H2,1-5H3;2*1,3-23H2,2H3;. The number of aryl methyl sites for hydroxylation is 4. The quantitative estimate of drug-likeness (QED) is 0.0358. The average Bonchev–Trinajstić information content (AvgIpc) is 4.13. The average molecular weight is 1220 g/mol. The van der Waals surface area contributed by atoms with E-state index in [1.54, 1.807) is 0 Å². The molecule has 2 aromatic carbocycles. The van der Waals surface area contributed by atoms with Crippen LogP contribution in [0.25, 0.3) is 16.9 Å². The summed E-state index contributed by atoms with van der Waals surface area (Å²) >= 11 is 2.05. The van der Waals surface area contributed by atoms with Crippen LogP contribution >= 0.6 is 0 Å². The van der Waals surface area contributed by atoms with E-state index in [0.29, 0.717) is 0 Å². The molecule has 0 saturated carbocycles. The smallest absolute Gasteiger partial charge is 0.493 e. The number of rotatable bonds is 61. The molecule has 2 aromatic rings. The van der Waals surface area contributed by atoms with Crippen LogP contribution in [0.2, 0.25) is 10.8 Å². The van der Waals surface area contributed by atoms with Gasteiger partial charge >= 0.3 is 166 Å². The monoisotopic (exact) mass is 1220 g/mol. The number of allylic oxidation sites excluding steroid dienone is 2. The third-order valence-corrected chi connectivity index (χ3v) is 19.9. The molecule has 0 aliphatic carbocycles. The minimum Gasteiger partial charge on any atom is -0.493 e. The van der Waals surface area contributed by atoms with Crippen molar-refractivity contribution < 1.29 is 19.1 Å². The molecule has 0 atom stereocenters. The Labute approximate surface area is 539 Å². The van der Waals surface area contributed by atoms with Crippen LogP contribution in [0.1, 0.15) is 422 Å². The summed E-state index contributed by atoms with van der Waals surface area (Å²) in [5, 5.41) is 2.87.